The smallest absolute Gasteiger partial charge is 0.165 e. The first-order valence-electron chi connectivity index (χ1n) is 5.66. The number of hydrogen-bond donors (Lipinski definition) is 0. The van der Waals surface area contributed by atoms with E-state index in [1.165, 1.54) is 24.3 Å². The second kappa shape index (κ2) is 5.21. The third kappa shape index (κ3) is 2.89. The third-order valence-electron chi connectivity index (χ3n) is 2.85. The molecule has 0 amide bonds. The van der Waals surface area contributed by atoms with Crippen LogP contribution in [0.2, 0.25) is 0 Å². The van der Waals surface area contributed by atoms with Crippen molar-refractivity contribution in [2.24, 2.45) is 0 Å². The van der Waals surface area contributed by atoms with Gasteiger partial charge in [-0.1, -0.05) is 0 Å². The third-order valence-corrected chi connectivity index (χ3v) is 2.85. The van der Waals surface area contributed by atoms with Gasteiger partial charge in [-0.15, -0.1) is 0 Å². The molecule has 0 saturated carbocycles. The van der Waals surface area contributed by atoms with E-state index in [-0.39, 0.29) is 17.7 Å². The fourth-order valence-electron chi connectivity index (χ4n) is 1.93. The van der Waals surface area contributed by atoms with E-state index in [9.17, 15) is 9.18 Å². The number of Topliss-reactive ketones (excluding diaryl/α,β-unsaturated/α-hetero) is 1. The Morgan fingerprint density at radius 3 is 2.69 bits per heavy atom. The number of carbonyl (C=O) groups excluding carboxylic acids is 1. The SMILES string of the molecule is O=C(CC1CCCCO1)c1ccc(F)cc1. The number of hydrogen-bond acceptors (Lipinski definition) is 2. The number of carbonyl (C=O) groups is 1. The first kappa shape index (κ1) is 11.3. The van der Waals surface area contributed by atoms with Gasteiger partial charge in [-0.3, -0.25) is 4.79 Å². The van der Waals surface area contributed by atoms with Gasteiger partial charge in [0.05, 0.1) is 6.10 Å². The Morgan fingerprint density at radius 1 is 1.31 bits per heavy atom. The lowest BCUT2D eigenvalue weighted by Gasteiger charge is -2.21. The maximum atomic E-state index is 12.7. The van der Waals surface area contributed by atoms with Crippen molar-refractivity contribution in [2.45, 2.75) is 31.8 Å². The molecule has 1 saturated heterocycles. The number of halogens is 1. The van der Waals surface area contributed by atoms with Crippen molar-refractivity contribution < 1.29 is 13.9 Å². The molecular formula is C13H15FO2. The van der Waals surface area contributed by atoms with E-state index in [2.05, 4.69) is 0 Å². The summed E-state index contributed by atoms with van der Waals surface area (Å²) in [6.45, 7) is 0.751. The van der Waals surface area contributed by atoms with Crippen LogP contribution in [0.1, 0.15) is 36.0 Å². The van der Waals surface area contributed by atoms with Crippen LogP contribution in [0, 0.1) is 5.82 Å². The average molecular weight is 222 g/mol. The first-order valence-corrected chi connectivity index (χ1v) is 5.66. The zero-order valence-electron chi connectivity index (χ0n) is 9.12. The highest BCUT2D eigenvalue weighted by atomic mass is 19.1. The van der Waals surface area contributed by atoms with Gasteiger partial charge in [-0.2, -0.15) is 0 Å². The van der Waals surface area contributed by atoms with E-state index in [0.29, 0.717) is 12.0 Å². The van der Waals surface area contributed by atoms with Crippen LogP contribution in [0.15, 0.2) is 24.3 Å². The minimum absolute atomic E-state index is 0.0342. The summed E-state index contributed by atoms with van der Waals surface area (Å²) in [5.74, 6) is -0.280. The van der Waals surface area contributed by atoms with Crippen molar-refractivity contribution in [1.82, 2.24) is 0 Å². The van der Waals surface area contributed by atoms with Crippen LogP contribution >= 0.6 is 0 Å². The first-order chi connectivity index (χ1) is 7.75. The molecular weight excluding hydrogens is 207 g/mol. The molecule has 0 spiro atoms. The standard InChI is InChI=1S/C13H15FO2/c14-11-6-4-10(5-7-11)13(15)9-12-3-1-2-8-16-12/h4-7,12H,1-3,8-9H2. The van der Waals surface area contributed by atoms with Crippen LogP contribution < -0.4 is 0 Å². The quantitative estimate of drug-likeness (QED) is 0.735. The van der Waals surface area contributed by atoms with Crippen molar-refractivity contribution in [3.05, 3.63) is 35.6 Å². The van der Waals surface area contributed by atoms with Gasteiger partial charge in [0, 0.05) is 18.6 Å². The zero-order chi connectivity index (χ0) is 11.4. The molecule has 0 radical (unpaired) electrons. The van der Waals surface area contributed by atoms with Gasteiger partial charge in [-0.25, -0.2) is 4.39 Å². The highest BCUT2D eigenvalue weighted by Gasteiger charge is 2.18. The van der Waals surface area contributed by atoms with Crippen molar-refractivity contribution in [1.29, 1.82) is 0 Å². The average Bonchev–Trinajstić information content (AvgIpc) is 2.31. The van der Waals surface area contributed by atoms with Gasteiger partial charge >= 0.3 is 0 Å². The summed E-state index contributed by atoms with van der Waals surface area (Å²) in [6, 6.07) is 5.69. The highest BCUT2D eigenvalue weighted by Crippen LogP contribution is 2.18. The van der Waals surface area contributed by atoms with Gasteiger partial charge in [0.15, 0.2) is 5.78 Å². The fraction of sp³-hybridized carbons (Fsp3) is 0.462. The minimum atomic E-state index is -0.314. The molecule has 0 bridgehead atoms. The second-order valence-corrected chi connectivity index (χ2v) is 4.12. The maximum absolute atomic E-state index is 12.7. The van der Waals surface area contributed by atoms with Gasteiger partial charge in [0.1, 0.15) is 5.82 Å². The lowest BCUT2D eigenvalue weighted by atomic mass is 10.0. The minimum Gasteiger partial charge on any atom is -0.378 e. The summed E-state index contributed by atoms with van der Waals surface area (Å²) in [4.78, 5) is 11.8. The molecule has 0 aromatic heterocycles. The monoisotopic (exact) mass is 222 g/mol. The summed E-state index contributed by atoms with van der Waals surface area (Å²) in [7, 11) is 0. The molecule has 1 aliphatic rings. The number of ketones is 1. The van der Waals surface area contributed by atoms with E-state index < -0.39 is 0 Å². The zero-order valence-corrected chi connectivity index (χ0v) is 9.12. The molecule has 3 heteroatoms. The Balaban J connectivity index is 1.94. The molecule has 2 rings (SSSR count). The summed E-state index contributed by atoms with van der Waals surface area (Å²) < 4.78 is 18.2. The molecule has 0 aliphatic carbocycles. The number of benzene rings is 1. The normalized spacial score (nSPS) is 20.7. The van der Waals surface area contributed by atoms with Crippen molar-refractivity contribution in [2.75, 3.05) is 6.61 Å². The maximum Gasteiger partial charge on any atom is 0.165 e. The molecule has 1 aliphatic heterocycles. The molecule has 1 atom stereocenters. The lowest BCUT2D eigenvalue weighted by Crippen LogP contribution is -2.22. The molecule has 1 unspecified atom stereocenters. The molecule has 2 nitrogen and oxygen atoms in total. The van der Waals surface area contributed by atoms with E-state index in [0.717, 1.165) is 25.9 Å². The lowest BCUT2D eigenvalue weighted by molar-refractivity contribution is 0.0129. The van der Waals surface area contributed by atoms with Crippen molar-refractivity contribution >= 4 is 5.78 Å². The van der Waals surface area contributed by atoms with Crippen LogP contribution in [0.4, 0.5) is 4.39 Å². The summed E-state index contributed by atoms with van der Waals surface area (Å²) in [5.41, 5.74) is 0.565. The second-order valence-electron chi connectivity index (χ2n) is 4.12. The van der Waals surface area contributed by atoms with E-state index in [1.807, 2.05) is 0 Å². The Bertz CT molecular complexity index is 353. The fourth-order valence-corrected chi connectivity index (χ4v) is 1.93. The Hall–Kier alpha value is -1.22. The summed E-state index contributed by atoms with van der Waals surface area (Å²) in [6.07, 6.45) is 3.62. The Morgan fingerprint density at radius 2 is 2.06 bits per heavy atom. The summed E-state index contributed by atoms with van der Waals surface area (Å²) >= 11 is 0. The van der Waals surface area contributed by atoms with E-state index in [4.69, 9.17) is 4.74 Å². The van der Waals surface area contributed by atoms with Gasteiger partial charge in [0.25, 0.3) is 0 Å². The van der Waals surface area contributed by atoms with Crippen LogP contribution in [-0.4, -0.2) is 18.5 Å². The number of rotatable bonds is 3. The summed E-state index contributed by atoms with van der Waals surface area (Å²) in [5, 5.41) is 0. The topological polar surface area (TPSA) is 26.3 Å². The van der Waals surface area contributed by atoms with Crippen LogP contribution in [0.3, 0.4) is 0 Å². The Kier molecular flexibility index (Phi) is 3.67. The van der Waals surface area contributed by atoms with Crippen LogP contribution in [0.25, 0.3) is 0 Å². The highest BCUT2D eigenvalue weighted by molar-refractivity contribution is 5.96. The van der Waals surface area contributed by atoms with Crippen molar-refractivity contribution in [3.8, 4) is 0 Å². The molecule has 1 aromatic carbocycles. The molecule has 16 heavy (non-hydrogen) atoms. The largest absolute Gasteiger partial charge is 0.378 e. The van der Waals surface area contributed by atoms with Gasteiger partial charge < -0.3 is 4.74 Å². The molecule has 0 N–H and O–H groups in total. The van der Waals surface area contributed by atoms with Crippen LogP contribution in [0.5, 0.6) is 0 Å². The predicted octanol–water partition coefficient (Wildman–Crippen LogP) is 2.97. The van der Waals surface area contributed by atoms with Crippen molar-refractivity contribution in [3.63, 3.8) is 0 Å². The van der Waals surface area contributed by atoms with Crippen LogP contribution in [-0.2, 0) is 4.74 Å². The molecule has 1 aromatic rings. The predicted molar refractivity (Wildman–Crippen MR) is 58.9 cm³/mol. The van der Waals surface area contributed by atoms with Gasteiger partial charge in [0.2, 0.25) is 0 Å². The molecule has 1 heterocycles. The molecule has 86 valence electrons. The number of ether oxygens (including phenoxy) is 1. The van der Waals surface area contributed by atoms with E-state index in [1.54, 1.807) is 0 Å². The molecule has 1 fully saturated rings. The van der Waals surface area contributed by atoms with Gasteiger partial charge in [-0.05, 0) is 43.5 Å². The Labute approximate surface area is 94.4 Å². The van der Waals surface area contributed by atoms with E-state index >= 15 is 0 Å².